The zero-order valence-electron chi connectivity index (χ0n) is 9.01. The summed E-state index contributed by atoms with van der Waals surface area (Å²) < 4.78 is 1.01. The van der Waals surface area contributed by atoms with Crippen molar-refractivity contribution in [3.63, 3.8) is 0 Å². The van der Waals surface area contributed by atoms with Gasteiger partial charge in [0.2, 0.25) is 5.13 Å². The van der Waals surface area contributed by atoms with Crippen molar-refractivity contribution in [3.8, 4) is 0 Å². The molecule has 0 fully saturated rings. The van der Waals surface area contributed by atoms with Crippen molar-refractivity contribution in [1.29, 1.82) is 0 Å². The van der Waals surface area contributed by atoms with Gasteiger partial charge in [-0.3, -0.25) is 0 Å². The molecule has 16 heavy (non-hydrogen) atoms. The van der Waals surface area contributed by atoms with Crippen molar-refractivity contribution >= 4 is 28.2 Å². The fourth-order valence-corrected chi connectivity index (χ4v) is 2.99. The van der Waals surface area contributed by atoms with Crippen LogP contribution in [0.5, 0.6) is 0 Å². The first-order valence-electron chi connectivity index (χ1n) is 5.12. The average Bonchev–Trinajstić information content (AvgIpc) is 2.76. The molecule has 0 aliphatic carbocycles. The number of nitrogens with zero attached hydrogens (tertiary/aromatic N) is 2. The highest BCUT2D eigenvalue weighted by atomic mass is 32.2. The molecule has 84 valence electrons. The van der Waals surface area contributed by atoms with Crippen LogP contribution in [-0.2, 0) is 5.75 Å². The van der Waals surface area contributed by atoms with E-state index in [1.165, 1.54) is 5.56 Å². The molecule has 1 heterocycles. The van der Waals surface area contributed by atoms with Gasteiger partial charge in [0.15, 0.2) is 4.34 Å². The Kier molecular flexibility index (Phi) is 4.18. The van der Waals surface area contributed by atoms with E-state index in [-0.39, 0.29) is 0 Å². The van der Waals surface area contributed by atoms with Crippen LogP contribution >= 0.6 is 23.1 Å². The van der Waals surface area contributed by atoms with E-state index in [2.05, 4.69) is 46.7 Å². The van der Waals surface area contributed by atoms with Crippen LogP contribution < -0.4 is 5.32 Å². The second kappa shape index (κ2) is 5.86. The largest absolute Gasteiger partial charge is 0.360 e. The maximum absolute atomic E-state index is 4.12. The Hall–Kier alpha value is -1.07. The van der Waals surface area contributed by atoms with E-state index in [0.717, 1.165) is 21.8 Å². The van der Waals surface area contributed by atoms with E-state index >= 15 is 0 Å². The molecule has 5 heteroatoms. The van der Waals surface area contributed by atoms with E-state index in [0.29, 0.717) is 0 Å². The van der Waals surface area contributed by atoms with Crippen molar-refractivity contribution in [2.45, 2.75) is 17.0 Å². The third kappa shape index (κ3) is 3.21. The molecule has 0 bridgehead atoms. The predicted octanol–water partition coefficient (Wildman–Crippen LogP) is 3.26. The van der Waals surface area contributed by atoms with E-state index in [1.54, 1.807) is 23.1 Å². The molecule has 1 aromatic heterocycles. The molecule has 0 aliphatic rings. The lowest BCUT2D eigenvalue weighted by Crippen LogP contribution is -1.94. The van der Waals surface area contributed by atoms with Crippen LogP contribution in [0.2, 0.25) is 0 Å². The van der Waals surface area contributed by atoms with Crippen molar-refractivity contribution in [1.82, 2.24) is 10.2 Å². The Morgan fingerprint density at radius 3 is 2.81 bits per heavy atom. The molecule has 0 aliphatic heterocycles. The Balaban J connectivity index is 1.89. The molecule has 2 aromatic rings. The van der Waals surface area contributed by atoms with Crippen LogP contribution in [-0.4, -0.2) is 16.7 Å². The third-order valence-electron chi connectivity index (χ3n) is 1.94. The van der Waals surface area contributed by atoms with Gasteiger partial charge in [-0.2, -0.15) is 0 Å². The number of benzene rings is 1. The lowest BCUT2D eigenvalue weighted by Gasteiger charge is -1.96. The zero-order valence-corrected chi connectivity index (χ0v) is 10.6. The molecule has 0 saturated carbocycles. The highest BCUT2D eigenvalue weighted by Gasteiger charge is 2.03. The van der Waals surface area contributed by atoms with Crippen molar-refractivity contribution in [2.24, 2.45) is 0 Å². The van der Waals surface area contributed by atoms with Gasteiger partial charge < -0.3 is 5.32 Å². The van der Waals surface area contributed by atoms with Gasteiger partial charge in [-0.1, -0.05) is 53.4 Å². The van der Waals surface area contributed by atoms with Crippen LogP contribution in [0.1, 0.15) is 12.5 Å². The van der Waals surface area contributed by atoms with Gasteiger partial charge in [-0.15, -0.1) is 10.2 Å². The molecule has 0 atom stereocenters. The quantitative estimate of drug-likeness (QED) is 0.828. The zero-order chi connectivity index (χ0) is 11.2. The molecule has 2 rings (SSSR count). The predicted molar refractivity (Wildman–Crippen MR) is 70.1 cm³/mol. The summed E-state index contributed by atoms with van der Waals surface area (Å²) in [7, 11) is 0. The van der Waals surface area contributed by atoms with Gasteiger partial charge in [-0.25, -0.2) is 0 Å². The topological polar surface area (TPSA) is 37.8 Å². The van der Waals surface area contributed by atoms with Crippen LogP contribution in [0.4, 0.5) is 5.13 Å². The molecule has 0 radical (unpaired) electrons. The number of aromatic nitrogens is 2. The minimum Gasteiger partial charge on any atom is -0.360 e. The SMILES string of the molecule is CCNc1nnc(SCc2ccccc2)s1. The normalized spacial score (nSPS) is 10.3. The summed E-state index contributed by atoms with van der Waals surface area (Å²) in [4.78, 5) is 0. The molecular weight excluding hydrogens is 238 g/mol. The Bertz CT molecular complexity index is 428. The van der Waals surface area contributed by atoms with Gasteiger partial charge in [0, 0.05) is 12.3 Å². The molecule has 1 N–H and O–H groups in total. The molecule has 0 unspecified atom stereocenters. The molecule has 3 nitrogen and oxygen atoms in total. The second-order valence-electron chi connectivity index (χ2n) is 3.18. The number of hydrogen-bond donors (Lipinski definition) is 1. The summed E-state index contributed by atoms with van der Waals surface area (Å²) in [5.41, 5.74) is 1.31. The number of hydrogen-bond acceptors (Lipinski definition) is 5. The van der Waals surface area contributed by atoms with E-state index in [4.69, 9.17) is 0 Å². The fraction of sp³-hybridized carbons (Fsp3) is 0.273. The highest BCUT2D eigenvalue weighted by Crippen LogP contribution is 2.27. The van der Waals surface area contributed by atoms with Crippen molar-refractivity contribution in [3.05, 3.63) is 35.9 Å². The molecule has 1 aromatic carbocycles. The van der Waals surface area contributed by atoms with Crippen molar-refractivity contribution < 1.29 is 0 Å². The standard InChI is InChI=1S/C11H13N3S2/c1-2-12-10-13-14-11(16-10)15-8-9-6-4-3-5-7-9/h3-7H,2,8H2,1H3,(H,12,13). The summed E-state index contributed by atoms with van der Waals surface area (Å²) in [6, 6.07) is 10.4. The first kappa shape index (κ1) is 11.4. The molecule has 0 spiro atoms. The van der Waals surface area contributed by atoms with E-state index in [9.17, 15) is 0 Å². The smallest absolute Gasteiger partial charge is 0.206 e. The number of nitrogens with one attached hydrogen (secondary N) is 1. The van der Waals surface area contributed by atoms with Gasteiger partial charge in [-0.05, 0) is 12.5 Å². The van der Waals surface area contributed by atoms with E-state index in [1.807, 2.05) is 6.07 Å². The highest BCUT2D eigenvalue weighted by molar-refractivity contribution is 8.00. The summed E-state index contributed by atoms with van der Waals surface area (Å²) >= 11 is 3.33. The Morgan fingerprint density at radius 2 is 2.06 bits per heavy atom. The average molecular weight is 251 g/mol. The number of thioether (sulfide) groups is 1. The van der Waals surface area contributed by atoms with Gasteiger partial charge in [0.25, 0.3) is 0 Å². The fourth-order valence-electron chi connectivity index (χ4n) is 1.21. The minimum absolute atomic E-state index is 0.887. The van der Waals surface area contributed by atoms with Crippen LogP contribution in [0.25, 0.3) is 0 Å². The number of anilines is 1. The Labute approximate surface area is 103 Å². The van der Waals surface area contributed by atoms with E-state index < -0.39 is 0 Å². The maximum Gasteiger partial charge on any atom is 0.206 e. The summed E-state index contributed by atoms with van der Waals surface area (Å²) in [6.45, 7) is 2.94. The summed E-state index contributed by atoms with van der Waals surface area (Å²) in [5.74, 6) is 0.946. The lowest BCUT2D eigenvalue weighted by atomic mass is 10.2. The molecule has 0 amide bonds. The summed E-state index contributed by atoms with van der Waals surface area (Å²) in [6.07, 6.45) is 0. The third-order valence-corrected chi connectivity index (χ3v) is 4.03. The lowest BCUT2D eigenvalue weighted by molar-refractivity contribution is 1.00. The maximum atomic E-state index is 4.12. The summed E-state index contributed by atoms with van der Waals surface area (Å²) in [5, 5.41) is 12.2. The Morgan fingerprint density at radius 1 is 1.25 bits per heavy atom. The van der Waals surface area contributed by atoms with Gasteiger partial charge in [0.1, 0.15) is 0 Å². The van der Waals surface area contributed by atoms with Crippen molar-refractivity contribution in [2.75, 3.05) is 11.9 Å². The first-order chi connectivity index (χ1) is 7.88. The monoisotopic (exact) mass is 251 g/mol. The second-order valence-corrected chi connectivity index (χ2v) is 5.38. The minimum atomic E-state index is 0.887. The van der Waals surface area contributed by atoms with Crippen LogP contribution in [0.15, 0.2) is 34.7 Å². The first-order valence-corrected chi connectivity index (χ1v) is 6.93. The van der Waals surface area contributed by atoms with Gasteiger partial charge >= 0.3 is 0 Å². The van der Waals surface area contributed by atoms with Gasteiger partial charge in [0.05, 0.1) is 0 Å². The molecule has 0 saturated heterocycles. The molecular formula is C11H13N3S2. The van der Waals surface area contributed by atoms with Crippen LogP contribution in [0.3, 0.4) is 0 Å². The van der Waals surface area contributed by atoms with Crippen LogP contribution in [0, 0.1) is 0 Å². The number of rotatable bonds is 5.